The Morgan fingerprint density at radius 2 is 2.15 bits per heavy atom. The summed E-state index contributed by atoms with van der Waals surface area (Å²) < 4.78 is 0. The third kappa shape index (κ3) is 2.56. The minimum Gasteiger partial charge on any atom is -0.362 e. The fourth-order valence-corrected chi connectivity index (χ4v) is 2.80. The number of aryl methyl sites for hydroxylation is 1. The summed E-state index contributed by atoms with van der Waals surface area (Å²) in [5.41, 5.74) is 2.76. The lowest BCUT2D eigenvalue weighted by molar-refractivity contribution is 0.598. The van der Waals surface area contributed by atoms with Crippen molar-refractivity contribution >= 4 is 23.4 Å². The monoisotopic (exact) mass is 288 g/mol. The summed E-state index contributed by atoms with van der Waals surface area (Å²) in [7, 11) is 1.79. The van der Waals surface area contributed by atoms with Gasteiger partial charge < -0.3 is 10.6 Å². The number of anilines is 2. The van der Waals surface area contributed by atoms with Crippen LogP contribution in [0.15, 0.2) is 30.5 Å². The van der Waals surface area contributed by atoms with Crippen LogP contribution in [0.1, 0.15) is 30.0 Å². The average molecular weight is 289 g/mol. The van der Waals surface area contributed by atoms with E-state index in [0.717, 1.165) is 12.8 Å². The molecule has 1 aliphatic carbocycles. The molecule has 0 fully saturated rings. The van der Waals surface area contributed by atoms with E-state index in [2.05, 4.69) is 44.9 Å². The molecule has 0 bridgehead atoms. The van der Waals surface area contributed by atoms with Gasteiger partial charge in [0.05, 0.1) is 12.2 Å². The van der Waals surface area contributed by atoms with Gasteiger partial charge in [0.2, 0.25) is 5.95 Å². The molecule has 20 heavy (non-hydrogen) atoms. The highest BCUT2D eigenvalue weighted by molar-refractivity contribution is 6.32. The minimum atomic E-state index is 0.261. The molecule has 2 aromatic rings. The first kappa shape index (κ1) is 13.2. The van der Waals surface area contributed by atoms with Crippen molar-refractivity contribution in [2.75, 3.05) is 17.7 Å². The van der Waals surface area contributed by atoms with E-state index in [1.807, 2.05) is 0 Å². The number of halogens is 1. The van der Waals surface area contributed by atoms with E-state index in [0.29, 0.717) is 16.8 Å². The maximum atomic E-state index is 6.18. The van der Waals surface area contributed by atoms with Crippen LogP contribution < -0.4 is 10.6 Å². The predicted octanol–water partition coefficient (Wildman–Crippen LogP) is 3.66. The summed E-state index contributed by atoms with van der Waals surface area (Å²) in [6, 6.07) is 8.82. The second-order valence-electron chi connectivity index (χ2n) is 4.93. The van der Waals surface area contributed by atoms with E-state index in [-0.39, 0.29) is 6.04 Å². The standard InChI is InChI=1S/C15H17ClN4/c1-17-15-18-9-12(16)14(20-15)19-13-8-4-6-10-5-2-3-7-11(10)13/h2-3,5,7,9,13H,4,6,8H2,1H3,(H2,17,18,19,20). The second-order valence-corrected chi connectivity index (χ2v) is 5.34. The van der Waals surface area contributed by atoms with Gasteiger partial charge in [0.15, 0.2) is 5.82 Å². The Balaban J connectivity index is 1.89. The molecule has 1 aromatic carbocycles. The van der Waals surface area contributed by atoms with Gasteiger partial charge in [-0.2, -0.15) is 4.98 Å². The quantitative estimate of drug-likeness (QED) is 0.905. The summed E-state index contributed by atoms with van der Waals surface area (Å²) in [5, 5.41) is 6.94. The Kier molecular flexibility index (Phi) is 3.74. The van der Waals surface area contributed by atoms with Gasteiger partial charge in [-0.25, -0.2) is 4.98 Å². The molecule has 1 atom stereocenters. The lowest BCUT2D eigenvalue weighted by Gasteiger charge is -2.27. The molecule has 3 rings (SSSR count). The Bertz CT molecular complexity index is 615. The number of aromatic nitrogens is 2. The molecule has 1 unspecified atom stereocenters. The van der Waals surface area contributed by atoms with E-state index in [9.17, 15) is 0 Å². The van der Waals surface area contributed by atoms with Crippen LogP contribution in [-0.4, -0.2) is 17.0 Å². The van der Waals surface area contributed by atoms with Crippen molar-refractivity contribution < 1.29 is 0 Å². The maximum Gasteiger partial charge on any atom is 0.224 e. The zero-order chi connectivity index (χ0) is 13.9. The molecule has 0 radical (unpaired) electrons. The van der Waals surface area contributed by atoms with Gasteiger partial charge in [-0.3, -0.25) is 0 Å². The van der Waals surface area contributed by atoms with Crippen molar-refractivity contribution in [3.05, 3.63) is 46.6 Å². The van der Waals surface area contributed by atoms with Crippen molar-refractivity contribution in [3.63, 3.8) is 0 Å². The van der Waals surface area contributed by atoms with Gasteiger partial charge >= 0.3 is 0 Å². The first-order valence-corrected chi connectivity index (χ1v) is 7.20. The smallest absolute Gasteiger partial charge is 0.224 e. The van der Waals surface area contributed by atoms with Crippen molar-refractivity contribution in [2.45, 2.75) is 25.3 Å². The average Bonchev–Trinajstić information content (AvgIpc) is 2.50. The lowest BCUT2D eigenvalue weighted by Crippen LogP contribution is -2.18. The van der Waals surface area contributed by atoms with Crippen LogP contribution in [0.3, 0.4) is 0 Å². The summed E-state index contributed by atoms with van der Waals surface area (Å²) in [6.07, 6.45) is 5.04. The van der Waals surface area contributed by atoms with E-state index in [1.165, 1.54) is 17.5 Å². The zero-order valence-corrected chi connectivity index (χ0v) is 12.1. The zero-order valence-electron chi connectivity index (χ0n) is 11.4. The van der Waals surface area contributed by atoms with Crippen LogP contribution in [0.25, 0.3) is 0 Å². The van der Waals surface area contributed by atoms with Gasteiger partial charge in [0, 0.05) is 7.05 Å². The fraction of sp³-hybridized carbons (Fsp3) is 0.333. The number of nitrogens with zero attached hydrogens (tertiary/aromatic N) is 2. The lowest BCUT2D eigenvalue weighted by atomic mass is 9.88. The highest BCUT2D eigenvalue weighted by atomic mass is 35.5. The fourth-order valence-electron chi connectivity index (χ4n) is 2.66. The van der Waals surface area contributed by atoms with E-state index < -0.39 is 0 Å². The predicted molar refractivity (Wildman–Crippen MR) is 82.3 cm³/mol. The number of benzene rings is 1. The van der Waals surface area contributed by atoms with Crippen molar-refractivity contribution in [3.8, 4) is 0 Å². The van der Waals surface area contributed by atoms with Crippen LogP contribution in [0.5, 0.6) is 0 Å². The molecule has 0 spiro atoms. The molecular weight excluding hydrogens is 272 g/mol. The molecule has 2 N–H and O–H groups in total. The van der Waals surface area contributed by atoms with Crippen molar-refractivity contribution in [2.24, 2.45) is 0 Å². The van der Waals surface area contributed by atoms with Crippen LogP contribution in [0.4, 0.5) is 11.8 Å². The van der Waals surface area contributed by atoms with Crippen molar-refractivity contribution in [1.29, 1.82) is 0 Å². The maximum absolute atomic E-state index is 6.18. The highest BCUT2D eigenvalue weighted by Gasteiger charge is 2.20. The van der Waals surface area contributed by atoms with E-state index in [4.69, 9.17) is 11.6 Å². The normalized spacial score (nSPS) is 17.4. The van der Waals surface area contributed by atoms with Crippen LogP contribution >= 0.6 is 11.6 Å². The molecule has 0 amide bonds. The minimum absolute atomic E-state index is 0.261. The van der Waals surface area contributed by atoms with Gasteiger partial charge in [-0.15, -0.1) is 0 Å². The van der Waals surface area contributed by atoms with Crippen LogP contribution in [-0.2, 0) is 6.42 Å². The van der Waals surface area contributed by atoms with Gasteiger partial charge in [-0.05, 0) is 30.4 Å². The molecule has 0 aliphatic heterocycles. The van der Waals surface area contributed by atoms with Gasteiger partial charge in [0.1, 0.15) is 5.02 Å². The topological polar surface area (TPSA) is 49.8 Å². The first-order chi connectivity index (χ1) is 9.78. The number of hydrogen-bond acceptors (Lipinski definition) is 4. The molecular formula is C15H17ClN4. The molecule has 1 heterocycles. The van der Waals surface area contributed by atoms with Gasteiger partial charge in [-0.1, -0.05) is 35.9 Å². The third-order valence-electron chi connectivity index (χ3n) is 3.65. The number of rotatable bonds is 3. The summed E-state index contributed by atoms with van der Waals surface area (Å²) in [5.74, 6) is 1.26. The molecule has 104 valence electrons. The first-order valence-electron chi connectivity index (χ1n) is 6.82. The van der Waals surface area contributed by atoms with Gasteiger partial charge in [0.25, 0.3) is 0 Å². The Morgan fingerprint density at radius 1 is 1.30 bits per heavy atom. The van der Waals surface area contributed by atoms with Crippen molar-refractivity contribution in [1.82, 2.24) is 9.97 Å². The number of fused-ring (bicyclic) bond motifs is 1. The Hall–Kier alpha value is -1.81. The van der Waals surface area contributed by atoms with Crippen LogP contribution in [0, 0.1) is 0 Å². The summed E-state index contributed by atoms with van der Waals surface area (Å²) in [6.45, 7) is 0. The summed E-state index contributed by atoms with van der Waals surface area (Å²) >= 11 is 6.18. The molecule has 4 nitrogen and oxygen atoms in total. The molecule has 0 saturated carbocycles. The SMILES string of the molecule is CNc1ncc(Cl)c(NC2CCCc3ccccc32)n1. The Labute approximate surface area is 123 Å². The Morgan fingerprint density at radius 3 is 3.00 bits per heavy atom. The van der Waals surface area contributed by atoms with E-state index >= 15 is 0 Å². The number of hydrogen-bond donors (Lipinski definition) is 2. The largest absolute Gasteiger partial charge is 0.362 e. The second kappa shape index (κ2) is 5.67. The van der Waals surface area contributed by atoms with Crippen LogP contribution in [0.2, 0.25) is 5.02 Å². The summed E-state index contributed by atoms with van der Waals surface area (Å²) in [4.78, 5) is 8.49. The molecule has 1 aromatic heterocycles. The number of nitrogens with one attached hydrogen (secondary N) is 2. The third-order valence-corrected chi connectivity index (χ3v) is 3.92. The molecule has 1 aliphatic rings. The molecule has 5 heteroatoms. The van der Waals surface area contributed by atoms with E-state index in [1.54, 1.807) is 13.2 Å². The highest BCUT2D eigenvalue weighted by Crippen LogP contribution is 2.33. The molecule has 0 saturated heterocycles.